The lowest BCUT2D eigenvalue weighted by Crippen LogP contribution is -2.51. The van der Waals surface area contributed by atoms with E-state index in [2.05, 4.69) is 11.6 Å². The van der Waals surface area contributed by atoms with Gasteiger partial charge in [-0.25, -0.2) is 0 Å². The third-order valence-electron chi connectivity index (χ3n) is 3.41. The minimum absolute atomic E-state index is 0.245. The molecule has 1 aliphatic rings. The maximum atomic E-state index is 12.5. The lowest BCUT2D eigenvalue weighted by molar-refractivity contribution is -0.145. The van der Waals surface area contributed by atoms with Gasteiger partial charge in [0.2, 0.25) is 5.91 Å². The third-order valence-corrected chi connectivity index (χ3v) is 4.00. The van der Waals surface area contributed by atoms with Crippen LogP contribution in [0.4, 0.5) is 0 Å². The Morgan fingerprint density at radius 3 is 2.65 bits per heavy atom. The fourth-order valence-electron chi connectivity index (χ4n) is 2.34. The van der Waals surface area contributed by atoms with E-state index in [0.29, 0.717) is 6.61 Å². The molecule has 0 aliphatic carbocycles. The van der Waals surface area contributed by atoms with Crippen molar-refractivity contribution in [1.29, 1.82) is 0 Å². The molecule has 0 unspecified atom stereocenters. The first-order valence-corrected chi connectivity index (χ1v) is 7.50. The minimum Gasteiger partial charge on any atom is -0.384 e. The van der Waals surface area contributed by atoms with Gasteiger partial charge in [0.05, 0.1) is 12.0 Å². The molecule has 1 saturated heterocycles. The molecule has 0 atom stereocenters. The smallest absolute Gasteiger partial charge is 0.230 e. The summed E-state index contributed by atoms with van der Waals surface area (Å²) in [5, 5.41) is 3.30. The number of nitrogens with one attached hydrogen (secondary N) is 1. The number of rotatable bonds is 6. The molecule has 1 fully saturated rings. The van der Waals surface area contributed by atoms with Crippen molar-refractivity contribution >= 4 is 17.7 Å². The van der Waals surface area contributed by atoms with Crippen molar-refractivity contribution in [2.24, 2.45) is 5.41 Å². The van der Waals surface area contributed by atoms with Gasteiger partial charge in [0.15, 0.2) is 0 Å². The first-order valence-electron chi connectivity index (χ1n) is 6.10. The van der Waals surface area contributed by atoms with Crippen LogP contribution >= 0.6 is 11.8 Å². The molecule has 17 heavy (non-hydrogen) atoms. The Kier molecular flexibility index (Phi) is 6.30. The molecule has 0 aromatic rings. The molecule has 0 saturated carbocycles. The van der Waals surface area contributed by atoms with E-state index < -0.39 is 0 Å². The second-order valence-electron chi connectivity index (χ2n) is 4.68. The highest BCUT2D eigenvalue weighted by Gasteiger charge is 2.41. The average molecular weight is 260 g/mol. The molecular weight excluding hydrogens is 236 g/mol. The zero-order valence-corrected chi connectivity index (χ0v) is 11.9. The first-order chi connectivity index (χ1) is 8.16. The predicted molar refractivity (Wildman–Crippen MR) is 72.4 cm³/mol. The highest BCUT2D eigenvalue weighted by molar-refractivity contribution is 7.98. The number of ether oxygens (including phenoxy) is 1. The lowest BCUT2D eigenvalue weighted by Gasteiger charge is -2.38. The van der Waals surface area contributed by atoms with Gasteiger partial charge in [-0.3, -0.25) is 4.79 Å². The van der Waals surface area contributed by atoms with E-state index in [-0.39, 0.29) is 11.3 Å². The summed E-state index contributed by atoms with van der Waals surface area (Å²) in [6.07, 6.45) is 3.82. The monoisotopic (exact) mass is 260 g/mol. The molecular formula is C12H24N2O2S. The summed E-state index contributed by atoms with van der Waals surface area (Å²) < 4.78 is 5.28. The Labute approximate surface area is 108 Å². The number of hydrogen-bond acceptors (Lipinski definition) is 4. The quantitative estimate of drug-likeness (QED) is 0.768. The van der Waals surface area contributed by atoms with Crippen molar-refractivity contribution in [3.63, 3.8) is 0 Å². The maximum Gasteiger partial charge on any atom is 0.230 e. The SMILES string of the molecule is COCC1(C(=O)N(C)CCSC)CCNCC1. The summed E-state index contributed by atoms with van der Waals surface area (Å²) >= 11 is 1.77. The van der Waals surface area contributed by atoms with Gasteiger partial charge in [-0.05, 0) is 32.2 Å². The van der Waals surface area contributed by atoms with E-state index in [9.17, 15) is 4.79 Å². The van der Waals surface area contributed by atoms with E-state index in [1.54, 1.807) is 18.9 Å². The first kappa shape index (κ1) is 14.8. The second-order valence-corrected chi connectivity index (χ2v) is 5.67. The highest BCUT2D eigenvalue weighted by Crippen LogP contribution is 2.31. The zero-order chi connectivity index (χ0) is 12.7. The Morgan fingerprint density at radius 2 is 2.12 bits per heavy atom. The van der Waals surface area contributed by atoms with Crippen molar-refractivity contribution in [2.75, 3.05) is 52.4 Å². The van der Waals surface area contributed by atoms with E-state index in [4.69, 9.17) is 4.74 Å². The Hall–Kier alpha value is -0.260. The van der Waals surface area contributed by atoms with E-state index in [0.717, 1.165) is 38.2 Å². The standard InChI is InChI=1S/C12H24N2O2S/c1-14(8-9-17-3)11(15)12(10-16-2)4-6-13-7-5-12/h13H,4-10H2,1-3H3. The molecule has 5 heteroatoms. The second kappa shape index (κ2) is 7.24. The number of nitrogens with zero attached hydrogens (tertiary/aromatic N) is 1. The number of methoxy groups -OCH3 is 1. The number of amides is 1. The van der Waals surface area contributed by atoms with Gasteiger partial charge < -0.3 is 15.0 Å². The molecule has 1 rings (SSSR count). The molecule has 0 aromatic heterocycles. The summed E-state index contributed by atoms with van der Waals surface area (Å²) in [6, 6.07) is 0. The van der Waals surface area contributed by atoms with Crippen LogP contribution in [0.2, 0.25) is 0 Å². The van der Waals surface area contributed by atoms with Crippen molar-refractivity contribution < 1.29 is 9.53 Å². The van der Waals surface area contributed by atoms with Crippen LogP contribution in [-0.2, 0) is 9.53 Å². The normalized spacial score (nSPS) is 19.0. The summed E-state index contributed by atoms with van der Waals surface area (Å²) in [5.74, 6) is 1.23. The van der Waals surface area contributed by atoms with Gasteiger partial charge >= 0.3 is 0 Å². The number of carbonyl (C=O) groups excluding carboxylic acids is 1. The number of piperidine rings is 1. The van der Waals surface area contributed by atoms with Crippen molar-refractivity contribution in [1.82, 2.24) is 10.2 Å². The zero-order valence-electron chi connectivity index (χ0n) is 11.1. The summed E-state index contributed by atoms with van der Waals surface area (Å²) in [5.41, 5.74) is -0.298. The Balaban J connectivity index is 2.65. The van der Waals surface area contributed by atoms with Crippen molar-refractivity contribution in [3.05, 3.63) is 0 Å². The van der Waals surface area contributed by atoms with Gasteiger partial charge in [-0.15, -0.1) is 0 Å². The van der Waals surface area contributed by atoms with Crippen molar-refractivity contribution in [3.8, 4) is 0 Å². The molecule has 4 nitrogen and oxygen atoms in total. The van der Waals surface area contributed by atoms with Crippen LogP contribution in [0.1, 0.15) is 12.8 Å². The summed E-state index contributed by atoms with van der Waals surface area (Å²) in [6.45, 7) is 3.17. The Morgan fingerprint density at radius 1 is 1.47 bits per heavy atom. The topological polar surface area (TPSA) is 41.6 Å². The van der Waals surface area contributed by atoms with Gasteiger partial charge in [0, 0.05) is 26.5 Å². The number of thioether (sulfide) groups is 1. The molecule has 1 amide bonds. The fourth-order valence-corrected chi connectivity index (χ4v) is 2.79. The van der Waals surface area contributed by atoms with Crippen LogP contribution in [0.5, 0.6) is 0 Å². The van der Waals surface area contributed by atoms with Crippen LogP contribution in [0.15, 0.2) is 0 Å². The maximum absolute atomic E-state index is 12.5. The summed E-state index contributed by atoms with van der Waals surface area (Å²) in [7, 11) is 3.58. The average Bonchev–Trinajstić information content (AvgIpc) is 2.36. The van der Waals surface area contributed by atoms with E-state index in [1.807, 2.05) is 11.9 Å². The third kappa shape index (κ3) is 3.86. The molecule has 1 heterocycles. The molecule has 0 radical (unpaired) electrons. The van der Waals surface area contributed by atoms with Crippen LogP contribution in [0.25, 0.3) is 0 Å². The minimum atomic E-state index is -0.298. The summed E-state index contributed by atoms with van der Waals surface area (Å²) in [4.78, 5) is 14.4. The molecule has 1 aliphatic heterocycles. The van der Waals surface area contributed by atoms with Crippen molar-refractivity contribution in [2.45, 2.75) is 12.8 Å². The lowest BCUT2D eigenvalue weighted by atomic mass is 9.78. The molecule has 0 aromatic carbocycles. The molecule has 0 spiro atoms. The van der Waals surface area contributed by atoms with Crippen LogP contribution in [0, 0.1) is 5.41 Å². The highest BCUT2D eigenvalue weighted by atomic mass is 32.2. The molecule has 100 valence electrons. The fraction of sp³-hybridized carbons (Fsp3) is 0.917. The number of hydrogen-bond donors (Lipinski definition) is 1. The van der Waals surface area contributed by atoms with Gasteiger partial charge in [0.25, 0.3) is 0 Å². The van der Waals surface area contributed by atoms with E-state index >= 15 is 0 Å². The van der Waals surface area contributed by atoms with Crippen LogP contribution in [-0.4, -0.2) is 63.2 Å². The van der Waals surface area contributed by atoms with Gasteiger partial charge in [0.1, 0.15) is 0 Å². The van der Waals surface area contributed by atoms with E-state index in [1.165, 1.54) is 0 Å². The van der Waals surface area contributed by atoms with Crippen LogP contribution in [0.3, 0.4) is 0 Å². The molecule has 1 N–H and O–H groups in total. The number of carbonyl (C=O) groups is 1. The van der Waals surface area contributed by atoms with Gasteiger partial charge in [-0.1, -0.05) is 0 Å². The van der Waals surface area contributed by atoms with Crippen LogP contribution < -0.4 is 5.32 Å². The van der Waals surface area contributed by atoms with Gasteiger partial charge in [-0.2, -0.15) is 11.8 Å². The largest absolute Gasteiger partial charge is 0.384 e. The Bertz CT molecular complexity index is 237. The molecule has 0 bridgehead atoms. The predicted octanol–water partition coefficient (Wildman–Crippen LogP) is 0.824.